The molecule has 0 aliphatic carbocycles. The number of nitrogens with one attached hydrogen (secondary N) is 2. The summed E-state index contributed by atoms with van der Waals surface area (Å²) in [5, 5.41) is 11.6. The van der Waals surface area contributed by atoms with Crippen LogP contribution >= 0.6 is 0 Å². The summed E-state index contributed by atoms with van der Waals surface area (Å²) in [5.41, 5.74) is 6.09. The molecule has 2 aromatic carbocycles. The van der Waals surface area contributed by atoms with Crippen molar-refractivity contribution in [1.82, 2.24) is 10.2 Å². The smallest absolute Gasteiger partial charge is 0.0670 e. The molecule has 0 spiro atoms. The van der Waals surface area contributed by atoms with Crippen molar-refractivity contribution in [2.24, 2.45) is 0 Å². The molecule has 1 aromatic heterocycles. The molecule has 19 heavy (non-hydrogen) atoms. The van der Waals surface area contributed by atoms with E-state index in [9.17, 15) is 0 Å². The monoisotopic (exact) mass is 251 g/mol. The van der Waals surface area contributed by atoms with Gasteiger partial charge in [-0.2, -0.15) is 5.10 Å². The van der Waals surface area contributed by atoms with Gasteiger partial charge in [0, 0.05) is 17.6 Å². The number of nitrogens with zero attached hydrogens (tertiary/aromatic N) is 1. The van der Waals surface area contributed by atoms with E-state index in [1.54, 1.807) is 0 Å². The molecule has 0 aliphatic heterocycles. The molecule has 0 radical (unpaired) electrons. The molecule has 0 amide bonds. The second-order valence-electron chi connectivity index (χ2n) is 5.02. The van der Waals surface area contributed by atoms with Crippen LogP contribution in [-0.4, -0.2) is 10.2 Å². The molecule has 0 saturated carbocycles. The third kappa shape index (κ3) is 2.60. The highest BCUT2D eigenvalue weighted by Gasteiger charge is 1.99. The quantitative estimate of drug-likeness (QED) is 0.743. The first kappa shape index (κ1) is 11.8. The van der Waals surface area contributed by atoms with E-state index in [4.69, 9.17) is 0 Å². The van der Waals surface area contributed by atoms with Crippen LogP contribution in [0.2, 0.25) is 0 Å². The van der Waals surface area contributed by atoms with E-state index < -0.39 is 0 Å². The zero-order chi connectivity index (χ0) is 13.2. The number of hydrogen-bond acceptors (Lipinski definition) is 2. The molecule has 2 N–H and O–H groups in total. The summed E-state index contributed by atoms with van der Waals surface area (Å²) < 4.78 is 0. The Hall–Kier alpha value is -2.29. The molecule has 0 saturated heterocycles. The number of aromatic nitrogens is 2. The predicted molar refractivity (Wildman–Crippen MR) is 79.3 cm³/mol. The van der Waals surface area contributed by atoms with Gasteiger partial charge >= 0.3 is 0 Å². The van der Waals surface area contributed by atoms with Gasteiger partial charge in [0.05, 0.1) is 11.7 Å². The maximum absolute atomic E-state index is 4.03. The minimum Gasteiger partial charge on any atom is -0.381 e. The van der Waals surface area contributed by atoms with Gasteiger partial charge in [-0.05, 0) is 37.6 Å². The van der Waals surface area contributed by atoms with E-state index >= 15 is 0 Å². The van der Waals surface area contributed by atoms with E-state index in [0.717, 1.165) is 23.1 Å². The summed E-state index contributed by atoms with van der Waals surface area (Å²) in [6.45, 7) is 5.10. The summed E-state index contributed by atoms with van der Waals surface area (Å²) >= 11 is 0. The largest absolute Gasteiger partial charge is 0.381 e. The van der Waals surface area contributed by atoms with E-state index in [0.29, 0.717) is 0 Å². The molecule has 0 atom stereocenters. The van der Waals surface area contributed by atoms with E-state index in [2.05, 4.69) is 65.8 Å². The fourth-order valence-electron chi connectivity index (χ4n) is 2.42. The Morgan fingerprint density at radius 2 is 1.84 bits per heavy atom. The summed E-state index contributed by atoms with van der Waals surface area (Å²) in [6, 6.07) is 12.9. The number of H-pyrrole nitrogens is 1. The second kappa shape index (κ2) is 4.76. The zero-order valence-electron chi connectivity index (χ0n) is 11.2. The maximum Gasteiger partial charge on any atom is 0.0670 e. The molecule has 1 heterocycles. The van der Waals surface area contributed by atoms with Crippen LogP contribution in [0.15, 0.2) is 42.6 Å². The second-order valence-corrected chi connectivity index (χ2v) is 5.02. The molecule has 3 aromatic rings. The molecule has 0 fully saturated rings. The lowest BCUT2D eigenvalue weighted by Crippen LogP contribution is -2.00. The average molecular weight is 251 g/mol. The fourth-order valence-corrected chi connectivity index (χ4v) is 2.42. The van der Waals surface area contributed by atoms with E-state index in [-0.39, 0.29) is 0 Å². The fraction of sp³-hybridized carbons (Fsp3) is 0.188. The van der Waals surface area contributed by atoms with E-state index in [1.807, 2.05) is 6.20 Å². The Labute approximate surface area is 112 Å². The van der Waals surface area contributed by atoms with Crippen LogP contribution in [0.25, 0.3) is 10.9 Å². The zero-order valence-corrected chi connectivity index (χ0v) is 11.2. The third-order valence-electron chi connectivity index (χ3n) is 3.22. The number of hydrogen-bond donors (Lipinski definition) is 2. The topological polar surface area (TPSA) is 40.7 Å². The van der Waals surface area contributed by atoms with Gasteiger partial charge in [0.1, 0.15) is 0 Å². The highest BCUT2D eigenvalue weighted by atomic mass is 15.1. The molecule has 96 valence electrons. The first-order chi connectivity index (χ1) is 9.20. The lowest BCUT2D eigenvalue weighted by molar-refractivity contribution is 1.11. The lowest BCUT2D eigenvalue weighted by atomic mass is 10.1. The number of benzene rings is 2. The van der Waals surface area contributed by atoms with Crippen LogP contribution in [-0.2, 0) is 6.54 Å². The number of aromatic amines is 1. The van der Waals surface area contributed by atoms with Gasteiger partial charge in [-0.25, -0.2) is 0 Å². The van der Waals surface area contributed by atoms with Gasteiger partial charge in [-0.1, -0.05) is 29.3 Å². The first-order valence-corrected chi connectivity index (χ1v) is 6.45. The molecular weight excluding hydrogens is 234 g/mol. The predicted octanol–water partition coefficient (Wildman–Crippen LogP) is 3.79. The highest BCUT2D eigenvalue weighted by Crippen LogP contribution is 2.18. The van der Waals surface area contributed by atoms with Crippen molar-refractivity contribution < 1.29 is 0 Å². The average Bonchev–Trinajstić information content (AvgIpc) is 2.82. The standard InChI is InChI=1S/C16H17N3/c1-11-5-12(2)7-13(6-11)9-17-15-4-3-14-10-18-19-16(14)8-15/h3-8,10,17H,9H2,1-2H3,(H,18,19). The molecular formula is C16H17N3. The van der Waals surface area contributed by atoms with Crippen molar-refractivity contribution in [2.45, 2.75) is 20.4 Å². The summed E-state index contributed by atoms with van der Waals surface area (Å²) in [6.07, 6.45) is 1.84. The van der Waals surface area contributed by atoms with E-state index in [1.165, 1.54) is 16.7 Å². The van der Waals surface area contributed by atoms with Crippen LogP contribution < -0.4 is 5.32 Å². The Morgan fingerprint density at radius 3 is 2.63 bits per heavy atom. The first-order valence-electron chi connectivity index (χ1n) is 6.45. The summed E-state index contributed by atoms with van der Waals surface area (Å²) in [5.74, 6) is 0. The minimum atomic E-state index is 0.835. The van der Waals surface area contributed by atoms with Gasteiger partial charge < -0.3 is 5.32 Å². The van der Waals surface area contributed by atoms with Crippen molar-refractivity contribution in [3.8, 4) is 0 Å². The maximum atomic E-state index is 4.03. The SMILES string of the molecule is Cc1cc(C)cc(CNc2ccc3cn[nH]c3c2)c1. The number of rotatable bonds is 3. The molecule has 0 aliphatic rings. The van der Waals surface area contributed by atoms with Crippen LogP contribution in [0.5, 0.6) is 0 Å². The Kier molecular flexibility index (Phi) is 2.95. The van der Waals surface area contributed by atoms with Gasteiger partial charge in [0.2, 0.25) is 0 Å². The van der Waals surface area contributed by atoms with Crippen molar-refractivity contribution >= 4 is 16.6 Å². The van der Waals surface area contributed by atoms with Crippen molar-refractivity contribution in [2.75, 3.05) is 5.32 Å². The number of anilines is 1. The van der Waals surface area contributed by atoms with Gasteiger partial charge in [-0.15, -0.1) is 0 Å². The number of aryl methyl sites for hydroxylation is 2. The van der Waals surface area contributed by atoms with Gasteiger partial charge in [-0.3, -0.25) is 5.10 Å². The molecule has 3 nitrogen and oxygen atoms in total. The van der Waals surface area contributed by atoms with Crippen molar-refractivity contribution in [1.29, 1.82) is 0 Å². The summed E-state index contributed by atoms with van der Waals surface area (Å²) in [4.78, 5) is 0. The van der Waals surface area contributed by atoms with Crippen LogP contribution in [0.3, 0.4) is 0 Å². The van der Waals surface area contributed by atoms with Crippen LogP contribution in [0.1, 0.15) is 16.7 Å². The Balaban J connectivity index is 1.77. The Bertz CT molecular complexity index is 693. The molecule has 3 rings (SSSR count). The normalized spacial score (nSPS) is 10.8. The molecule has 3 heteroatoms. The third-order valence-corrected chi connectivity index (χ3v) is 3.22. The van der Waals surface area contributed by atoms with Crippen molar-refractivity contribution in [3.63, 3.8) is 0 Å². The van der Waals surface area contributed by atoms with Crippen molar-refractivity contribution in [3.05, 3.63) is 59.3 Å². The summed E-state index contributed by atoms with van der Waals surface area (Å²) in [7, 11) is 0. The minimum absolute atomic E-state index is 0.835. The molecule has 0 unspecified atom stereocenters. The van der Waals surface area contributed by atoms with Gasteiger partial charge in [0.15, 0.2) is 0 Å². The highest BCUT2D eigenvalue weighted by molar-refractivity contribution is 5.81. The Morgan fingerprint density at radius 1 is 1.05 bits per heavy atom. The van der Waals surface area contributed by atoms with Gasteiger partial charge in [0.25, 0.3) is 0 Å². The molecule has 0 bridgehead atoms. The van der Waals surface area contributed by atoms with Crippen LogP contribution in [0.4, 0.5) is 5.69 Å². The van der Waals surface area contributed by atoms with Crippen LogP contribution in [0, 0.1) is 13.8 Å². The number of fused-ring (bicyclic) bond motifs is 1. The lowest BCUT2D eigenvalue weighted by Gasteiger charge is -2.08.